The van der Waals surface area contributed by atoms with Gasteiger partial charge in [0.15, 0.2) is 0 Å². The molecular formula is C15H26N2O3. The van der Waals surface area contributed by atoms with Crippen molar-refractivity contribution in [3.05, 3.63) is 0 Å². The minimum absolute atomic E-state index is 0.122. The number of hydrogen-bond acceptors (Lipinski definition) is 3. The standard InChI is InChI=1S/C15H26N2O3/c1-3-4-15(5-7-16-8-6-15)14(20)17-9-12(10-17)11(2)13(18)19/h11-12,16H,3-10H2,1-2H3,(H,18,19). The lowest BCUT2D eigenvalue weighted by Gasteiger charge is -2.47. The molecule has 0 bridgehead atoms. The molecule has 0 spiro atoms. The second kappa shape index (κ2) is 6.12. The van der Waals surface area contributed by atoms with Crippen molar-refractivity contribution < 1.29 is 14.7 Å². The maximum atomic E-state index is 12.8. The Bertz CT molecular complexity index is 366. The van der Waals surface area contributed by atoms with Gasteiger partial charge in [-0.1, -0.05) is 20.3 Å². The molecular weight excluding hydrogens is 256 g/mol. The Morgan fingerprint density at radius 1 is 1.35 bits per heavy atom. The Kier molecular flexibility index (Phi) is 4.68. The fourth-order valence-electron chi connectivity index (χ4n) is 3.49. The topological polar surface area (TPSA) is 69.6 Å². The van der Waals surface area contributed by atoms with Gasteiger partial charge >= 0.3 is 5.97 Å². The van der Waals surface area contributed by atoms with E-state index < -0.39 is 5.97 Å². The number of nitrogens with zero attached hydrogens (tertiary/aromatic N) is 1. The van der Waals surface area contributed by atoms with E-state index in [4.69, 9.17) is 5.11 Å². The van der Waals surface area contributed by atoms with Crippen molar-refractivity contribution in [1.29, 1.82) is 0 Å². The van der Waals surface area contributed by atoms with Crippen molar-refractivity contribution in [2.24, 2.45) is 17.3 Å². The van der Waals surface area contributed by atoms with Crippen LogP contribution in [0.2, 0.25) is 0 Å². The smallest absolute Gasteiger partial charge is 0.306 e. The summed E-state index contributed by atoms with van der Waals surface area (Å²) in [6, 6.07) is 0. The van der Waals surface area contributed by atoms with Gasteiger partial charge in [-0.2, -0.15) is 0 Å². The van der Waals surface area contributed by atoms with E-state index in [1.54, 1.807) is 6.92 Å². The summed E-state index contributed by atoms with van der Waals surface area (Å²) >= 11 is 0. The third-order valence-corrected chi connectivity index (χ3v) is 5.04. The number of rotatable bonds is 5. The molecule has 0 aromatic carbocycles. The summed E-state index contributed by atoms with van der Waals surface area (Å²) in [5.41, 5.74) is -0.197. The molecule has 2 aliphatic rings. The highest BCUT2D eigenvalue weighted by molar-refractivity contribution is 5.84. The molecule has 0 saturated carbocycles. The molecule has 114 valence electrons. The lowest BCUT2D eigenvalue weighted by atomic mass is 9.72. The summed E-state index contributed by atoms with van der Waals surface area (Å²) in [5, 5.41) is 12.3. The fraction of sp³-hybridized carbons (Fsp3) is 0.867. The van der Waals surface area contributed by atoms with E-state index in [1.807, 2.05) is 4.90 Å². The van der Waals surface area contributed by atoms with Gasteiger partial charge in [0.1, 0.15) is 0 Å². The zero-order chi connectivity index (χ0) is 14.8. The van der Waals surface area contributed by atoms with Crippen LogP contribution >= 0.6 is 0 Å². The predicted molar refractivity (Wildman–Crippen MR) is 76.3 cm³/mol. The molecule has 2 saturated heterocycles. The first-order valence-corrected chi connectivity index (χ1v) is 7.73. The van der Waals surface area contributed by atoms with Gasteiger partial charge in [-0.05, 0) is 32.4 Å². The molecule has 1 amide bonds. The molecule has 2 fully saturated rings. The van der Waals surface area contributed by atoms with Crippen LogP contribution in [0.4, 0.5) is 0 Å². The molecule has 1 unspecified atom stereocenters. The highest BCUT2D eigenvalue weighted by Crippen LogP contribution is 2.38. The Hall–Kier alpha value is -1.10. The van der Waals surface area contributed by atoms with Crippen LogP contribution in [0, 0.1) is 17.3 Å². The quantitative estimate of drug-likeness (QED) is 0.798. The summed E-state index contributed by atoms with van der Waals surface area (Å²) in [6.45, 7) is 6.92. The largest absolute Gasteiger partial charge is 0.481 e. The SMILES string of the molecule is CCCC1(C(=O)N2CC(C(C)C(=O)O)C2)CCNCC1. The van der Waals surface area contributed by atoms with Gasteiger partial charge in [0.05, 0.1) is 11.3 Å². The fourth-order valence-corrected chi connectivity index (χ4v) is 3.49. The van der Waals surface area contributed by atoms with Crippen LogP contribution in [-0.2, 0) is 9.59 Å². The summed E-state index contributed by atoms with van der Waals surface area (Å²) < 4.78 is 0. The van der Waals surface area contributed by atoms with E-state index >= 15 is 0 Å². The van der Waals surface area contributed by atoms with E-state index in [0.717, 1.165) is 38.8 Å². The molecule has 0 aliphatic carbocycles. The Morgan fingerprint density at radius 2 is 1.95 bits per heavy atom. The van der Waals surface area contributed by atoms with Crippen LogP contribution in [0.3, 0.4) is 0 Å². The summed E-state index contributed by atoms with van der Waals surface area (Å²) in [6.07, 6.45) is 3.79. The molecule has 2 N–H and O–H groups in total. The number of carbonyl (C=O) groups excluding carboxylic acids is 1. The van der Waals surface area contributed by atoms with Crippen LogP contribution in [0.25, 0.3) is 0 Å². The van der Waals surface area contributed by atoms with Crippen molar-refractivity contribution in [2.45, 2.75) is 39.5 Å². The number of nitrogens with one attached hydrogen (secondary N) is 1. The van der Waals surface area contributed by atoms with Gasteiger partial charge in [0.2, 0.25) is 5.91 Å². The lowest BCUT2D eigenvalue weighted by molar-refractivity contribution is -0.157. The number of piperidine rings is 1. The van der Waals surface area contributed by atoms with Gasteiger partial charge in [0, 0.05) is 19.0 Å². The molecule has 0 aromatic heterocycles. The van der Waals surface area contributed by atoms with Gasteiger partial charge in [-0.3, -0.25) is 9.59 Å². The van der Waals surface area contributed by atoms with Crippen molar-refractivity contribution >= 4 is 11.9 Å². The first kappa shape index (κ1) is 15.3. The first-order valence-electron chi connectivity index (χ1n) is 7.73. The number of carboxylic acids is 1. The average molecular weight is 282 g/mol. The number of carboxylic acid groups (broad SMARTS) is 1. The van der Waals surface area contributed by atoms with Crippen molar-refractivity contribution in [3.8, 4) is 0 Å². The zero-order valence-electron chi connectivity index (χ0n) is 12.5. The van der Waals surface area contributed by atoms with E-state index in [0.29, 0.717) is 13.1 Å². The molecule has 1 atom stereocenters. The molecule has 2 heterocycles. The summed E-state index contributed by atoms with van der Waals surface area (Å²) in [5.74, 6) is -0.729. The molecule has 5 heteroatoms. The number of aliphatic carboxylic acids is 1. The van der Waals surface area contributed by atoms with Crippen LogP contribution < -0.4 is 5.32 Å². The molecule has 0 radical (unpaired) electrons. The highest BCUT2D eigenvalue weighted by Gasteiger charge is 2.46. The van der Waals surface area contributed by atoms with Gasteiger partial charge in [0.25, 0.3) is 0 Å². The molecule has 2 aliphatic heterocycles. The van der Waals surface area contributed by atoms with Gasteiger partial charge in [-0.25, -0.2) is 0 Å². The van der Waals surface area contributed by atoms with Crippen LogP contribution in [0.15, 0.2) is 0 Å². The van der Waals surface area contributed by atoms with Crippen LogP contribution in [0.1, 0.15) is 39.5 Å². The summed E-state index contributed by atoms with van der Waals surface area (Å²) in [4.78, 5) is 25.6. The van der Waals surface area contributed by atoms with E-state index in [9.17, 15) is 9.59 Å². The third kappa shape index (κ3) is 2.82. The Balaban J connectivity index is 1.95. The number of likely N-dealkylation sites (tertiary alicyclic amines) is 1. The predicted octanol–water partition coefficient (Wildman–Crippen LogP) is 1.34. The monoisotopic (exact) mass is 282 g/mol. The first-order chi connectivity index (χ1) is 9.50. The number of hydrogen-bond donors (Lipinski definition) is 2. The maximum Gasteiger partial charge on any atom is 0.306 e. The van der Waals surface area contributed by atoms with E-state index in [-0.39, 0.29) is 23.2 Å². The minimum atomic E-state index is -0.757. The number of carbonyl (C=O) groups is 2. The van der Waals surface area contributed by atoms with E-state index in [2.05, 4.69) is 12.2 Å². The molecule has 2 rings (SSSR count). The number of amides is 1. The van der Waals surface area contributed by atoms with E-state index in [1.165, 1.54) is 0 Å². The zero-order valence-corrected chi connectivity index (χ0v) is 12.5. The molecule has 0 aromatic rings. The Labute approximate surface area is 120 Å². The van der Waals surface area contributed by atoms with Crippen LogP contribution in [-0.4, -0.2) is 48.1 Å². The lowest BCUT2D eigenvalue weighted by Crippen LogP contribution is -2.59. The Morgan fingerprint density at radius 3 is 2.45 bits per heavy atom. The second-order valence-electron chi connectivity index (χ2n) is 6.38. The van der Waals surface area contributed by atoms with Crippen LogP contribution in [0.5, 0.6) is 0 Å². The maximum absolute atomic E-state index is 12.8. The normalized spacial score (nSPS) is 24.0. The van der Waals surface area contributed by atoms with Crippen molar-refractivity contribution in [3.63, 3.8) is 0 Å². The minimum Gasteiger partial charge on any atom is -0.481 e. The van der Waals surface area contributed by atoms with Crippen molar-refractivity contribution in [2.75, 3.05) is 26.2 Å². The van der Waals surface area contributed by atoms with Crippen molar-refractivity contribution in [1.82, 2.24) is 10.2 Å². The van der Waals surface area contributed by atoms with Gasteiger partial charge in [-0.15, -0.1) is 0 Å². The average Bonchev–Trinajstić information content (AvgIpc) is 2.38. The molecule has 5 nitrogen and oxygen atoms in total. The third-order valence-electron chi connectivity index (χ3n) is 5.04. The summed E-state index contributed by atoms with van der Waals surface area (Å²) in [7, 11) is 0. The molecule has 20 heavy (non-hydrogen) atoms. The highest BCUT2D eigenvalue weighted by atomic mass is 16.4. The van der Waals surface area contributed by atoms with Gasteiger partial charge < -0.3 is 15.3 Å². The second-order valence-corrected chi connectivity index (χ2v) is 6.38.